The van der Waals surface area contributed by atoms with Gasteiger partial charge in [0.1, 0.15) is 0 Å². The fraction of sp³-hybridized carbons (Fsp3) is 0.500. The highest BCUT2D eigenvalue weighted by molar-refractivity contribution is 7.88. The molecule has 5 heteroatoms. The summed E-state index contributed by atoms with van der Waals surface area (Å²) in [6.45, 7) is 4.63. The number of hydrogen-bond acceptors (Lipinski definition) is 3. The first-order valence-corrected chi connectivity index (χ1v) is 7.89. The van der Waals surface area contributed by atoms with Crippen LogP contribution in [0.2, 0.25) is 0 Å². The van der Waals surface area contributed by atoms with Gasteiger partial charge in [-0.15, -0.1) is 0 Å². The summed E-state index contributed by atoms with van der Waals surface area (Å²) in [6.07, 6.45) is 0.829. The zero-order valence-corrected chi connectivity index (χ0v) is 12.4. The normalized spacial score (nSPS) is 11.8. The summed E-state index contributed by atoms with van der Waals surface area (Å²) in [4.78, 5) is 0. The summed E-state index contributed by atoms with van der Waals surface area (Å²) in [5.41, 5.74) is 0.977. The van der Waals surface area contributed by atoms with Crippen LogP contribution in [0.1, 0.15) is 31.4 Å². The Bertz CT molecular complexity index is 559. The number of rotatable bonds is 6. The fourth-order valence-corrected chi connectivity index (χ4v) is 2.89. The van der Waals surface area contributed by atoms with Crippen LogP contribution in [0.15, 0.2) is 24.3 Å². The van der Waals surface area contributed by atoms with Crippen molar-refractivity contribution < 1.29 is 8.42 Å². The molecule has 0 heterocycles. The molecule has 4 nitrogen and oxygen atoms in total. The molecule has 104 valence electrons. The first-order chi connectivity index (χ1) is 8.86. The molecular weight excluding hydrogens is 260 g/mol. The van der Waals surface area contributed by atoms with Crippen molar-refractivity contribution in [2.45, 2.75) is 26.0 Å². The van der Waals surface area contributed by atoms with Gasteiger partial charge in [-0.3, -0.25) is 0 Å². The Hall–Kier alpha value is -1.38. The third-order valence-corrected chi connectivity index (χ3v) is 4.78. The first-order valence-electron chi connectivity index (χ1n) is 6.29. The highest BCUT2D eigenvalue weighted by Gasteiger charge is 2.19. The predicted octanol–water partition coefficient (Wildman–Crippen LogP) is 2.37. The maximum absolute atomic E-state index is 12.2. The van der Waals surface area contributed by atoms with E-state index in [1.165, 1.54) is 4.31 Å². The van der Waals surface area contributed by atoms with Gasteiger partial charge in [0.05, 0.1) is 17.4 Å². The van der Waals surface area contributed by atoms with Gasteiger partial charge in [0.15, 0.2) is 0 Å². The summed E-state index contributed by atoms with van der Waals surface area (Å²) in [6, 6.07) is 8.83. The highest BCUT2D eigenvalue weighted by Crippen LogP contribution is 2.14. The number of sulfonamides is 1. The summed E-state index contributed by atoms with van der Waals surface area (Å²) < 4.78 is 25.8. The van der Waals surface area contributed by atoms with Crippen LogP contribution in [0.4, 0.5) is 0 Å². The maximum Gasteiger partial charge on any atom is 0.218 e. The molecule has 0 aliphatic heterocycles. The quantitative estimate of drug-likeness (QED) is 0.803. The lowest BCUT2D eigenvalue weighted by atomic mass is 10.1. The zero-order valence-electron chi connectivity index (χ0n) is 11.6. The molecule has 0 radical (unpaired) electrons. The van der Waals surface area contributed by atoms with Crippen molar-refractivity contribution >= 4 is 10.0 Å². The molecule has 1 rings (SSSR count). The minimum atomic E-state index is -3.36. The molecule has 0 N–H and O–H groups in total. The van der Waals surface area contributed by atoms with Gasteiger partial charge >= 0.3 is 0 Å². The molecule has 0 saturated heterocycles. The lowest BCUT2D eigenvalue weighted by molar-refractivity contribution is 0.427. The topological polar surface area (TPSA) is 61.2 Å². The average molecular weight is 280 g/mol. The van der Waals surface area contributed by atoms with Crippen LogP contribution in [-0.4, -0.2) is 26.3 Å². The SMILES string of the molecule is CC(C)CCN(C)S(=O)(=O)Cc1ccccc1C#N. The number of benzene rings is 1. The molecule has 0 saturated carbocycles. The molecule has 0 aliphatic carbocycles. The Morgan fingerprint density at radius 1 is 1.32 bits per heavy atom. The summed E-state index contributed by atoms with van der Waals surface area (Å²) in [7, 11) is -1.77. The van der Waals surface area contributed by atoms with Crippen molar-refractivity contribution in [2.24, 2.45) is 5.92 Å². The molecule has 0 fully saturated rings. The van der Waals surface area contributed by atoms with E-state index in [4.69, 9.17) is 5.26 Å². The average Bonchev–Trinajstić information content (AvgIpc) is 2.36. The van der Waals surface area contributed by atoms with Gasteiger partial charge in [-0.1, -0.05) is 32.0 Å². The maximum atomic E-state index is 12.2. The largest absolute Gasteiger partial charge is 0.218 e. The number of hydrogen-bond donors (Lipinski definition) is 0. The lowest BCUT2D eigenvalue weighted by Gasteiger charge is -2.18. The molecule has 19 heavy (non-hydrogen) atoms. The Kier molecular flexibility index (Phi) is 5.52. The summed E-state index contributed by atoms with van der Waals surface area (Å²) in [5.74, 6) is 0.342. The lowest BCUT2D eigenvalue weighted by Crippen LogP contribution is -2.30. The van der Waals surface area contributed by atoms with Gasteiger partial charge in [-0.2, -0.15) is 5.26 Å². The second kappa shape index (κ2) is 6.69. The zero-order chi connectivity index (χ0) is 14.5. The van der Waals surface area contributed by atoms with Crippen molar-refractivity contribution in [3.05, 3.63) is 35.4 Å². The molecule has 0 spiro atoms. The summed E-state index contributed by atoms with van der Waals surface area (Å²) >= 11 is 0. The van der Waals surface area contributed by atoms with E-state index in [2.05, 4.69) is 13.8 Å². The van der Waals surface area contributed by atoms with E-state index in [1.807, 2.05) is 6.07 Å². The molecule has 1 aromatic carbocycles. The van der Waals surface area contributed by atoms with Crippen molar-refractivity contribution in [3.8, 4) is 6.07 Å². The van der Waals surface area contributed by atoms with Gasteiger partial charge in [-0.25, -0.2) is 12.7 Å². The van der Waals surface area contributed by atoms with Crippen LogP contribution in [0.25, 0.3) is 0 Å². The van der Waals surface area contributed by atoms with Gasteiger partial charge in [0.25, 0.3) is 0 Å². The van der Waals surface area contributed by atoms with E-state index >= 15 is 0 Å². The van der Waals surface area contributed by atoms with E-state index < -0.39 is 10.0 Å². The second-order valence-electron chi connectivity index (χ2n) is 5.03. The molecule has 0 bridgehead atoms. The van der Waals surface area contributed by atoms with E-state index in [0.29, 0.717) is 23.6 Å². The van der Waals surface area contributed by atoms with Gasteiger partial charge in [0.2, 0.25) is 10.0 Å². The monoisotopic (exact) mass is 280 g/mol. The first kappa shape index (κ1) is 15.7. The predicted molar refractivity (Wildman–Crippen MR) is 75.9 cm³/mol. The standard InChI is InChI=1S/C14H20N2O2S/c1-12(2)8-9-16(3)19(17,18)11-14-7-5-4-6-13(14)10-15/h4-7,12H,8-9,11H2,1-3H3. The van der Waals surface area contributed by atoms with Crippen LogP contribution >= 0.6 is 0 Å². The van der Waals surface area contributed by atoms with Crippen LogP contribution in [0, 0.1) is 17.2 Å². The van der Waals surface area contributed by atoms with Crippen LogP contribution < -0.4 is 0 Å². The second-order valence-corrected chi connectivity index (χ2v) is 7.11. The highest BCUT2D eigenvalue weighted by atomic mass is 32.2. The molecule has 1 aromatic rings. The molecule has 0 amide bonds. The van der Waals surface area contributed by atoms with Crippen molar-refractivity contribution in [1.29, 1.82) is 5.26 Å². The third kappa shape index (κ3) is 4.66. The van der Waals surface area contributed by atoms with Crippen LogP contribution in [0.3, 0.4) is 0 Å². The minimum absolute atomic E-state index is 0.120. The van der Waals surface area contributed by atoms with Crippen molar-refractivity contribution in [1.82, 2.24) is 4.31 Å². The molecule has 0 atom stereocenters. The Morgan fingerprint density at radius 2 is 1.95 bits per heavy atom. The third-order valence-electron chi connectivity index (χ3n) is 2.97. The molecular formula is C14H20N2O2S. The smallest absolute Gasteiger partial charge is 0.212 e. The Morgan fingerprint density at radius 3 is 2.53 bits per heavy atom. The van der Waals surface area contributed by atoms with Crippen LogP contribution in [-0.2, 0) is 15.8 Å². The number of nitriles is 1. The van der Waals surface area contributed by atoms with Crippen molar-refractivity contribution in [3.63, 3.8) is 0 Å². The van der Waals surface area contributed by atoms with E-state index in [-0.39, 0.29) is 5.75 Å². The summed E-state index contributed by atoms with van der Waals surface area (Å²) in [5, 5.41) is 8.97. The van der Waals surface area contributed by atoms with Crippen molar-refractivity contribution in [2.75, 3.05) is 13.6 Å². The number of nitrogens with zero attached hydrogens (tertiary/aromatic N) is 2. The minimum Gasteiger partial charge on any atom is -0.212 e. The van der Waals surface area contributed by atoms with Gasteiger partial charge in [0, 0.05) is 13.6 Å². The molecule has 0 aromatic heterocycles. The van der Waals surface area contributed by atoms with E-state index in [1.54, 1.807) is 31.3 Å². The fourth-order valence-electron chi connectivity index (χ4n) is 1.64. The van der Waals surface area contributed by atoms with E-state index in [9.17, 15) is 8.42 Å². The molecule has 0 unspecified atom stereocenters. The van der Waals surface area contributed by atoms with Crippen LogP contribution in [0.5, 0.6) is 0 Å². The van der Waals surface area contributed by atoms with E-state index in [0.717, 1.165) is 6.42 Å². The van der Waals surface area contributed by atoms with Gasteiger partial charge in [-0.05, 0) is 24.0 Å². The Balaban J connectivity index is 2.82. The van der Waals surface area contributed by atoms with Gasteiger partial charge < -0.3 is 0 Å². The molecule has 0 aliphatic rings. The Labute approximate surface area is 115 Å².